The predicted molar refractivity (Wildman–Crippen MR) is 76.9 cm³/mol. The summed E-state index contributed by atoms with van der Waals surface area (Å²) in [6, 6.07) is 8.90. The molecule has 2 aromatic rings. The molecule has 2 aromatic carbocycles. The summed E-state index contributed by atoms with van der Waals surface area (Å²) in [7, 11) is 0. The summed E-state index contributed by atoms with van der Waals surface area (Å²) in [6.45, 7) is 0. The maximum Gasteiger partial charge on any atom is 0.271 e. The first kappa shape index (κ1) is 14.9. The van der Waals surface area contributed by atoms with Gasteiger partial charge in [0.05, 0.1) is 21.7 Å². The summed E-state index contributed by atoms with van der Waals surface area (Å²) < 4.78 is 0. The van der Waals surface area contributed by atoms with Gasteiger partial charge in [-0.1, -0.05) is 17.9 Å². The highest BCUT2D eigenvalue weighted by Crippen LogP contribution is 2.20. The van der Waals surface area contributed by atoms with Crippen LogP contribution in [-0.4, -0.2) is 16.1 Å². The average Bonchev–Trinajstić information content (AvgIpc) is 2.49. The Hall–Kier alpha value is -3.49. The van der Waals surface area contributed by atoms with E-state index >= 15 is 0 Å². The first-order chi connectivity index (χ1) is 10.5. The van der Waals surface area contributed by atoms with Crippen LogP contribution in [0.2, 0.25) is 0 Å². The maximum atomic E-state index is 11.5. The van der Waals surface area contributed by atoms with Gasteiger partial charge in [-0.3, -0.25) is 25.7 Å². The Kier molecular flexibility index (Phi) is 4.27. The lowest BCUT2D eigenvalue weighted by molar-refractivity contribution is -0.385. The lowest BCUT2D eigenvalue weighted by Crippen LogP contribution is -1.99. The van der Waals surface area contributed by atoms with Crippen molar-refractivity contribution in [1.29, 1.82) is 0 Å². The molecule has 9 nitrogen and oxygen atoms in total. The summed E-state index contributed by atoms with van der Waals surface area (Å²) >= 11 is 0. The minimum absolute atomic E-state index is 0.0344. The molecule has 1 N–H and O–H groups in total. The Balaban J connectivity index is 2.16. The van der Waals surface area contributed by atoms with Crippen molar-refractivity contribution >= 4 is 23.3 Å². The number of benzene rings is 2. The predicted octanol–water partition coefficient (Wildman–Crippen LogP) is 2.02. The molecular formula is C13H9N4O5-. The molecular weight excluding hydrogens is 292 g/mol. The number of nitro benzene ring substituents is 2. The number of nitrogens with zero attached hydrogens (tertiary/aromatic N) is 3. The first-order valence-electron chi connectivity index (χ1n) is 5.96. The fraction of sp³-hybridized carbons (Fsp3) is 0. The van der Waals surface area contributed by atoms with Gasteiger partial charge in [0, 0.05) is 24.3 Å². The van der Waals surface area contributed by atoms with Crippen LogP contribution in [0.5, 0.6) is 5.75 Å². The van der Waals surface area contributed by atoms with E-state index in [9.17, 15) is 25.3 Å². The molecule has 0 bridgehead atoms. The Labute approximate surface area is 123 Å². The zero-order chi connectivity index (χ0) is 16.1. The third kappa shape index (κ3) is 3.54. The molecule has 0 aromatic heterocycles. The maximum absolute atomic E-state index is 11.5. The largest absolute Gasteiger partial charge is 0.872 e. The third-order valence-corrected chi connectivity index (χ3v) is 2.66. The normalized spacial score (nSPS) is 10.5. The number of rotatable bonds is 5. The van der Waals surface area contributed by atoms with Gasteiger partial charge in [-0.15, -0.1) is 0 Å². The van der Waals surface area contributed by atoms with Crippen molar-refractivity contribution in [3.63, 3.8) is 0 Å². The quantitative estimate of drug-likeness (QED) is 0.510. The van der Waals surface area contributed by atoms with Crippen molar-refractivity contribution in [2.24, 2.45) is 5.10 Å². The van der Waals surface area contributed by atoms with Gasteiger partial charge >= 0.3 is 0 Å². The van der Waals surface area contributed by atoms with Crippen LogP contribution in [0.25, 0.3) is 0 Å². The monoisotopic (exact) mass is 301 g/mol. The number of hydrogen-bond donors (Lipinski definition) is 1. The van der Waals surface area contributed by atoms with Crippen LogP contribution < -0.4 is 10.5 Å². The summed E-state index contributed by atoms with van der Waals surface area (Å²) in [6.07, 6.45) is 1.12. The van der Waals surface area contributed by atoms with Crippen molar-refractivity contribution in [3.05, 3.63) is 68.3 Å². The molecule has 2 rings (SSSR count). The second-order valence-electron chi connectivity index (χ2n) is 4.16. The zero-order valence-corrected chi connectivity index (χ0v) is 11.0. The molecule has 0 saturated carbocycles. The van der Waals surface area contributed by atoms with Gasteiger partial charge in [-0.2, -0.15) is 5.10 Å². The zero-order valence-electron chi connectivity index (χ0n) is 11.0. The van der Waals surface area contributed by atoms with Crippen LogP contribution in [0.1, 0.15) is 5.56 Å². The number of nitro groups is 2. The van der Waals surface area contributed by atoms with Gasteiger partial charge in [0.25, 0.3) is 11.4 Å². The fourth-order valence-electron chi connectivity index (χ4n) is 1.62. The molecule has 0 atom stereocenters. The average molecular weight is 301 g/mol. The molecule has 112 valence electrons. The van der Waals surface area contributed by atoms with E-state index in [1.807, 2.05) is 0 Å². The van der Waals surface area contributed by atoms with Gasteiger partial charge in [0.2, 0.25) is 0 Å². The Morgan fingerprint density at radius 3 is 2.36 bits per heavy atom. The topological polar surface area (TPSA) is 134 Å². The van der Waals surface area contributed by atoms with E-state index < -0.39 is 15.6 Å². The highest BCUT2D eigenvalue weighted by molar-refractivity contribution is 5.84. The smallest absolute Gasteiger partial charge is 0.271 e. The molecule has 0 heterocycles. The van der Waals surface area contributed by atoms with Crippen molar-refractivity contribution in [2.75, 3.05) is 5.43 Å². The van der Waals surface area contributed by atoms with E-state index in [2.05, 4.69) is 10.5 Å². The van der Waals surface area contributed by atoms with Crippen LogP contribution >= 0.6 is 0 Å². The second kappa shape index (κ2) is 6.31. The summed E-state index contributed by atoms with van der Waals surface area (Å²) in [5.74, 6) is -0.421. The van der Waals surface area contributed by atoms with Crippen molar-refractivity contribution < 1.29 is 15.0 Å². The highest BCUT2D eigenvalue weighted by atomic mass is 16.6. The molecule has 0 aliphatic carbocycles. The third-order valence-electron chi connectivity index (χ3n) is 2.66. The SMILES string of the molecule is O=[N+]([O-])c1cccc(N/N=C\c2cc([N+](=O)[O-])ccc2[O-])c1. The molecule has 0 aliphatic rings. The molecule has 0 saturated heterocycles. The van der Waals surface area contributed by atoms with E-state index in [0.29, 0.717) is 5.69 Å². The van der Waals surface area contributed by atoms with Crippen molar-refractivity contribution in [1.82, 2.24) is 0 Å². The van der Waals surface area contributed by atoms with Crippen molar-refractivity contribution in [2.45, 2.75) is 0 Å². The molecule has 22 heavy (non-hydrogen) atoms. The van der Waals surface area contributed by atoms with Crippen LogP contribution in [-0.2, 0) is 0 Å². The van der Waals surface area contributed by atoms with Crippen LogP contribution in [0.15, 0.2) is 47.6 Å². The fourth-order valence-corrected chi connectivity index (χ4v) is 1.62. The lowest BCUT2D eigenvalue weighted by atomic mass is 10.2. The number of non-ortho nitro benzene ring substituents is 2. The molecule has 0 amide bonds. The van der Waals surface area contributed by atoms with E-state index in [1.54, 1.807) is 6.07 Å². The van der Waals surface area contributed by atoms with Gasteiger partial charge in [0.1, 0.15) is 0 Å². The van der Waals surface area contributed by atoms with Gasteiger partial charge in [-0.25, -0.2) is 0 Å². The van der Waals surface area contributed by atoms with Crippen molar-refractivity contribution in [3.8, 4) is 5.75 Å². The van der Waals surface area contributed by atoms with Crippen LogP contribution in [0, 0.1) is 20.2 Å². The number of hydrogen-bond acceptors (Lipinski definition) is 7. The molecule has 0 aliphatic heterocycles. The minimum Gasteiger partial charge on any atom is -0.872 e. The number of hydrazone groups is 1. The Morgan fingerprint density at radius 1 is 1.00 bits per heavy atom. The second-order valence-corrected chi connectivity index (χ2v) is 4.16. The Morgan fingerprint density at radius 2 is 1.68 bits per heavy atom. The summed E-state index contributed by atoms with van der Waals surface area (Å²) in [4.78, 5) is 20.1. The highest BCUT2D eigenvalue weighted by Gasteiger charge is 2.06. The summed E-state index contributed by atoms with van der Waals surface area (Å²) in [5, 5.41) is 36.6. The molecule has 9 heteroatoms. The standard InChI is InChI=1S/C13H10N4O5/c18-13-5-4-12(17(21)22)6-9(13)8-14-15-10-2-1-3-11(7-10)16(19)20/h1-8,15,18H/p-1/b14-8-. The van der Waals surface area contributed by atoms with Gasteiger partial charge in [0.15, 0.2) is 0 Å². The minimum atomic E-state index is -0.620. The number of anilines is 1. The molecule has 0 radical (unpaired) electrons. The molecule has 0 spiro atoms. The summed E-state index contributed by atoms with van der Waals surface area (Å²) in [5.41, 5.74) is 2.57. The van der Waals surface area contributed by atoms with E-state index in [0.717, 1.165) is 24.4 Å². The van der Waals surface area contributed by atoms with E-state index in [4.69, 9.17) is 0 Å². The Bertz CT molecular complexity index is 760. The number of nitrogens with one attached hydrogen (secondary N) is 1. The van der Waals surface area contributed by atoms with Crippen LogP contribution in [0.3, 0.4) is 0 Å². The van der Waals surface area contributed by atoms with Gasteiger partial charge < -0.3 is 5.11 Å². The molecule has 0 unspecified atom stereocenters. The van der Waals surface area contributed by atoms with E-state index in [-0.39, 0.29) is 16.9 Å². The first-order valence-corrected chi connectivity index (χ1v) is 5.96. The van der Waals surface area contributed by atoms with Crippen LogP contribution in [0.4, 0.5) is 17.1 Å². The lowest BCUT2D eigenvalue weighted by Gasteiger charge is -2.08. The molecule has 0 fully saturated rings. The van der Waals surface area contributed by atoms with Gasteiger partial charge in [-0.05, 0) is 11.6 Å². The van der Waals surface area contributed by atoms with E-state index in [1.165, 1.54) is 18.2 Å².